The maximum atomic E-state index is 12.3. The van der Waals surface area contributed by atoms with Gasteiger partial charge < -0.3 is 9.73 Å². The summed E-state index contributed by atoms with van der Waals surface area (Å²) in [4.78, 5) is 24.3. The van der Waals surface area contributed by atoms with Crippen LogP contribution >= 0.6 is 23.2 Å². The first-order valence-electron chi connectivity index (χ1n) is 7.76. The fourth-order valence-corrected chi connectivity index (χ4v) is 2.66. The van der Waals surface area contributed by atoms with Crippen LogP contribution in [-0.2, 0) is 0 Å². The third-order valence-electron chi connectivity index (χ3n) is 3.48. The van der Waals surface area contributed by atoms with Gasteiger partial charge in [-0.25, -0.2) is 5.43 Å². The number of nitrogens with one attached hydrogen (secondary N) is 2. The van der Waals surface area contributed by atoms with Crippen LogP contribution in [0.1, 0.15) is 26.5 Å². The molecule has 0 aliphatic rings. The Morgan fingerprint density at radius 2 is 1.78 bits per heavy atom. The monoisotopic (exact) mass is 401 g/mol. The van der Waals surface area contributed by atoms with Crippen LogP contribution in [0.2, 0.25) is 10.0 Å². The summed E-state index contributed by atoms with van der Waals surface area (Å²) < 4.78 is 5.07. The SMILES string of the molecule is O=C(N/N=C/c1ccco1)c1ccc(NC(=O)c2ccc(Cl)cc2Cl)cc1. The van der Waals surface area contributed by atoms with E-state index in [9.17, 15) is 9.59 Å². The molecule has 1 heterocycles. The standard InChI is InChI=1S/C19H13Cl2N3O3/c20-13-5-8-16(17(21)10-13)19(26)23-14-6-3-12(4-7-14)18(25)24-22-11-15-2-1-9-27-15/h1-11H,(H,23,26)(H,24,25)/b22-11+. The van der Waals surface area contributed by atoms with Gasteiger partial charge in [0.15, 0.2) is 0 Å². The highest BCUT2D eigenvalue weighted by Crippen LogP contribution is 2.22. The van der Waals surface area contributed by atoms with Crippen molar-refractivity contribution in [3.05, 3.63) is 87.8 Å². The minimum Gasteiger partial charge on any atom is -0.463 e. The molecule has 0 aliphatic carbocycles. The molecule has 8 heteroatoms. The molecule has 0 atom stereocenters. The first kappa shape index (κ1) is 18.7. The Hall–Kier alpha value is -3.09. The number of carbonyl (C=O) groups excluding carboxylic acids is 2. The van der Waals surface area contributed by atoms with E-state index in [-0.39, 0.29) is 10.9 Å². The number of hydrogen-bond donors (Lipinski definition) is 2. The molecule has 2 aromatic carbocycles. The van der Waals surface area contributed by atoms with Gasteiger partial charge in [0.25, 0.3) is 11.8 Å². The van der Waals surface area contributed by atoms with Crippen molar-refractivity contribution < 1.29 is 14.0 Å². The summed E-state index contributed by atoms with van der Waals surface area (Å²) in [5.41, 5.74) is 3.59. The lowest BCUT2D eigenvalue weighted by Crippen LogP contribution is -2.17. The maximum Gasteiger partial charge on any atom is 0.271 e. The van der Waals surface area contributed by atoms with E-state index in [1.807, 2.05) is 0 Å². The van der Waals surface area contributed by atoms with Crippen LogP contribution < -0.4 is 10.7 Å². The number of furan rings is 1. The number of nitrogens with zero attached hydrogens (tertiary/aromatic N) is 1. The quantitative estimate of drug-likeness (QED) is 0.483. The molecule has 0 spiro atoms. The number of amides is 2. The lowest BCUT2D eigenvalue weighted by Gasteiger charge is -2.08. The van der Waals surface area contributed by atoms with E-state index < -0.39 is 5.91 Å². The van der Waals surface area contributed by atoms with Gasteiger partial charge in [-0.2, -0.15) is 5.10 Å². The summed E-state index contributed by atoms with van der Waals surface area (Å²) >= 11 is 11.8. The number of hydrogen-bond acceptors (Lipinski definition) is 4. The summed E-state index contributed by atoms with van der Waals surface area (Å²) in [6.07, 6.45) is 2.90. The second-order valence-corrected chi connectivity index (χ2v) is 6.21. The van der Waals surface area contributed by atoms with Crippen LogP contribution in [-0.4, -0.2) is 18.0 Å². The highest BCUT2D eigenvalue weighted by atomic mass is 35.5. The molecule has 27 heavy (non-hydrogen) atoms. The van der Waals surface area contributed by atoms with E-state index in [1.165, 1.54) is 18.5 Å². The highest BCUT2D eigenvalue weighted by molar-refractivity contribution is 6.37. The minimum absolute atomic E-state index is 0.255. The van der Waals surface area contributed by atoms with Gasteiger partial charge >= 0.3 is 0 Å². The molecule has 0 unspecified atom stereocenters. The van der Waals surface area contributed by atoms with Crippen LogP contribution in [0.5, 0.6) is 0 Å². The van der Waals surface area contributed by atoms with E-state index >= 15 is 0 Å². The second kappa shape index (κ2) is 8.53. The van der Waals surface area contributed by atoms with Crippen molar-refractivity contribution >= 4 is 46.9 Å². The van der Waals surface area contributed by atoms with Crippen molar-refractivity contribution in [1.82, 2.24) is 5.43 Å². The zero-order valence-electron chi connectivity index (χ0n) is 13.8. The molecular weight excluding hydrogens is 389 g/mol. The molecule has 6 nitrogen and oxygen atoms in total. The molecule has 3 aromatic rings. The Bertz CT molecular complexity index is 984. The van der Waals surface area contributed by atoms with Gasteiger partial charge in [-0.3, -0.25) is 9.59 Å². The van der Waals surface area contributed by atoms with E-state index in [0.29, 0.717) is 27.6 Å². The van der Waals surface area contributed by atoms with Gasteiger partial charge in [0, 0.05) is 16.3 Å². The predicted octanol–water partition coefficient (Wildman–Crippen LogP) is 4.60. The highest BCUT2D eigenvalue weighted by Gasteiger charge is 2.11. The molecule has 2 amide bonds. The van der Waals surface area contributed by atoms with Gasteiger partial charge in [0.1, 0.15) is 5.76 Å². The second-order valence-electron chi connectivity index (χ2n) is 5.37. The zero-order chi connectivity index (χ0) is 19.2. The van der Waals surface area contributed by atoms with Gasteiger partial charge in [-0.1, -0.05) is 23.2 Å². The number of hydrazone groups is 1. The lowest BCUT2D eigenvalue weighted by atomic mass is 10.1. The van der Waals surface area contributed by atoms with Gasteiger partial charge in [-0.15, -0.1) is 0 Å². The third-order valence-corrected chi connectivity index (χ3v) is 4.03. The van der Waals surface area contributed by atoms with Crippen LogP contribution in [0.4, 0.5) is 5.69 Å². The molecule has 3 rings (SSSR count). The van der Waals surface area contributed by atoms with Gasteiger partial charge in [0.2, 0.25) is 0 Å². The molecule has 0 aliphatic heterocycles. The van der Waals surface area contributed by atoms with E-state index in [2.05, 4.69) is 15.8 Å². The lowest BCUT2D eigenvalue weighted by molar-refractivity contribution is 0.0954. The van der Waals surface area contributed by atoms with Crippen molar-refractivity contribution in [2.24, 2.45) is 5.10 Å². The smallest absolute Gasteiger partial charge is 0.271 e. The summed E-state index contributed by atoms with van der Waals surface area (Å²) in [6.45, 7) is 0. The Balaban J connectivity index is 1.61. The summed E-state index contributed by atoms with van der Waals surface area (Å²) in [5.74, 6) is -0.248. The number of carbonyl (C=O) groups is 2. The zero-order valence-corrected chi connectivity index (χ0v) is 15.3. The average molecular weight is 402 g/mol. The van der Waals surface area contributed by atoms with E-state index in [1.54, 1.807) is 48.5 Å². The summed E-state index contributed by atoms with van der Waals surface area (Å²) in [6, 6.07) is 14.4. The molecule has 0 saturated carbocycles. The van der Waals surface area contributed by atoms with Crippen LogP contribution in [0.15, 0.2) is 70.4 Å². The average Bonchev–Trinajstić information content (AvgIpc) is 3.15. The number of rotatable bonds is 5. The summed E-state index contributed by atoms with van der Waals surface area (Å²) in [5, 5.41) is 7.21. The Kier molecular flexibility index (Phi) is 5.90. The molecule has 0 fully saturated rings. The molecule has 0 saturated heterocycles. The van der Waals surface area contributed by atoms with Crippen LogP contribution in [0.25, 0.3) is 0 Å². The maximum absolute atomic E-state index is 12.3. The first-order valence-corrected chi connectivity index (χ1v) is 8.52. The minimum atomic E-state index is -0.392. The molecule has 1 aromatic heterocycles. The largest absolute Gasteiger partial charge is 0.463 e. The molecule has 136 valence electrons. The van der Waals surface area contributed by atoms with Crippen LogP contribution in [0.3, 0.4) is 0 Å². The molecular formula is C19H13Cl2N3O3. The Morgan fingerprint density at radius 3 is 2.44 bits per heavy atom. The Labute approximate surface area is 164 Å². The fourth-order valence-electron chi connectivity index (χ4n) is 2.16. The number of benzene rings is 2. The van der Waals surface area contributed by atoms with E-state index in [0.717, 1.165) is 0 Å². The van der Waals surface area contributed by atoms with Crippen molar-refractivity contribution in [3.8, 4) is 0 Å². The van der Waals surface area contributed by atoms with E-state index in [4.69, 9.17) is 27.6 Å². The van der Waals surface area contributed by atoms with Crippen molar-refractivity contribution in [1.29, 1.82) is 0 Å². The van der Waals surface area contributed by atoms with Gasteiger partial charge in [0.05, 0.1) is 23.1 Å². The molecule has 0 bridgehead atoms. The normalized spacial score (nSPS) is 10.7. The molecule has 0 radical (unpaired) electrons. The van der Waals surface area contributed by atoms with Crippen LogP contribution in [0, 0.1) is 0 Å². The summed E-state index contributed by atoms with van der Waals surface area (Å²) in [7, 11) is 0. The van der Waals surface area contributed by atoms with Crippen molar-refractivity contribution in [3.63, 3.8) is 0 Å². The number of anilines is 1. The number of halogens is 2. The molecule has 2 N–H and O–H groups in total. The first-order chi connectivity index (χ1) is 13.0. The van der Waals surface area contributed by atoms with Gasteiger partial charge in [-0.05, 0) is 54.6 Å². The topological polar surface area (TPSA) is 83.7 Å². The Morgan fingerprint density at radius 1 is 1.00 bits per heavy atom. The predicted molar refractivity (Wildman–Crippen MR) is 105 cm³/mol. The van der Waals surface area contributed by atoms with Crippen molar-refractivity contribution in [2.45, 2.75) is 0 Å². The fraction of sp³-hybridized carbons (Fsp3) is 0. The third kappa shape index (κ3) is 4.97. The van der Waals surface area contributed by atoms with Crippen molar-refractivity contribution in [2.75, 3.05) is 5.32 Å².